The number of benzene rings is 2. The highest BCUT2D eigenvalue weighted by atomic mass is 32.2. The van der Waals surface area contributed by atoms with E-state index in [1.807, 2.05) is 64.1 Å². The lowest BCUT2D eigenvalue weighted by Gasteiger charge is -2.32. The fourth-order valence-electron chi connectivity index (χ4n) is 3.69. The van der Waals surface area contributed by atoms with Crippen LogP contribution in [0.4, 0.5) is 5.69 Å². The van der Waals surface area contributed by atoms with Crippen molar-refractivity contribution >= 4 is 27.5 Å². The van der Waals surface area contributed by atoms with Crippen molar-refractivity contribution < 1.29 is 18.0 Å². The highest BCUT2D eigenvalue weighted by Crippen LogP contribution is 2.24. The molecule has 2 aromatic carbocycles. The fraction of sp³-hybridized carbons (Fsp3) is 0.462. The molecule has 0 aliphatic heterocycles. The van der Waals surface area contributed by atoms with E-state index in [4.69, 9.17) is 0 Å². The van der Waals surface area contributed by atoms with E-state index >= 15 is 0 Å². The molecule has 34 heavy (non-hydrogen) atoms. The number of nitrogens with one attached hydrogen (secondary N) is 1. The molecule has 0 unspecified atom stereocenters. The Kier molecular flexibility index (Phi) is 9.67. The summed E-state index contributed by atoms with van der Waals surface area (Å²) in [6.45, 7) is 9.78. The number of aryl methyl sites for hydroxylation is 3. The third kappa shape index (κ3) is 7.58. The number of anilines is 1. The second-order valence-corrected chi connectivity index (χ2v) is 10.8. The third-order valence-corrected chi connectivity index (χ3v) is 6.90. The fourth-order valence-corrected chi connectivity index (χ4v) is 4.60. The highest BCUT2D eigenvalue weighted by molar-refractivity contribution is 7.92. The van der Waals surface area contributed by atoms with Crippen LogP contribution in [0.3, 0.4) is 0 Å². The van der Waals surface area contributed by atoms with Crippen LogP contribution in [0.25, 0.3) is 0 Å². The summed E-state index contributed by atoms with van der Waals surface area (Å²) in [5.41, 5.74) is 4.17. The Morgan fingerprint density at radius 3 is 2.18 bits per heavy atom. The van der Waals surface area contributed by atoms with E-state index in [0.29, 0.717) is 12.2 Å². The molecule has 0 heterocycles. The van der Waals surface area contributed by atoms with Gasteiger partial charge >= 0.3 is 0 Å². The maximum absolute atomic E-state index is 13.5. The van der Waals surface area contributed by atoms with Crippen molar-refractivity contribution in [1.29, 1.82) is 0 Å². The van der Waals surface area contributed by atoms with Gasteiger partial charge in [-0.15, -0.1) is 0 Å². The van der Waals surface area contributed by atoms with Crippen molar-refractivity contribution in [3.8, 4) is 0 Å². The van der Waals surface area contributed by atoms with Gasteiger partial charge in [-0.25, -0.2) is 8.42 Å². The van der Waals surface area contributed by atoms with E-state index in [9.17, 15) is 18.0 Å². The van der Waals surface area contributed by atoms with E-state index in [2.05, 4.69) is 5.32 Å². The summed E-state index contributed by atoms with van der Waals surface area (Å²) in [5, 5.41) is 2.88. The van der Waals surface area contributed by atoms with Crippen LogP contribution in [0.5, 0.6) is 0 Å². The van der Waals surface area contributed by atoms with E-state index in [0.717, 1.165) is 45.7 Å². The number of sulfonamides is 1. The molecule has 186 valence electrons. The first kappa shape index (κ1) is 27.4. The van der Waals surface area contributed by atoms with E-state index < -0.39 is 22.0 Å². The molecule has 0 bridgehead atoms. The van der Waals surface area contributed by atoms with E-state index in [1.165, 1.54) is 4.90 Å². The van der Waals surface area contributed by atoms with Crippen molar-refractivity contribution in [3.63, 3.8) is 0 Å². The molecular weight excluding hydrogens is 450 g/mol. The summed E-state index contributed by atoms with van der Waals surface area (Å²) in [6.07, 6.45) is 2.88. The monoisotopic (exact) mass is 487 g/mol. The summed E-state index contributed by atoms with van der Waals surface area (Å²) in [4.78, 5) is 27.8. The number of rotatable bonds is 11. The normalized spacial score (nSPS) is 12.2. The van der Waals surface area contributed by atoms with Crippen LogP contribution in [0.1, 0.15) is 48.9 Å². The molecule has 0 saturated heterocycles. The number of hydrogen-bond acceptors (Lipinski definition) is 4. The van der Waals surface area contributed by atoms with E-state index in [1.54, 1.807) is 13.0 Å². The number of carbonyl (C=O) groups is 2. The Morgan fingerprint density at radius 2 is 1.62 bits per heavy atom. The minimum Gasteiger partial charge on any atom is -0.354 e. The second kappa shape index (κ2) is 12.0. The Balaban J connectivity index is 2.37. The molecule has 0 saturated carbocycles. The molecule has 0 aromatic heterocycles. The van der Waals surface area contributed by atoms with Gasteiger partial charge in [-0.3, -0.25) is 13.9 Å². The standard InChI is InChI=1S/C26H37N3O4S/c1-7-8-15-27-26(31)22(5)28(17-23-12-9-19(2)10-13-23)25(30)18-29(34(6,32)33)24-14-11-20(3)16-21(24)4/h9-14,16,22H,7-8,15,17-18H2,1-6H3,(H,27,31)/t22-/m1/s1. The molecule has 0 aliphatic carbocycles. The van der Waals surface area contributed by atoms with Crippen molar-refractivity contribution in [1.82, 2.24) is 10.2 Å². The van der Waals surface area contributed by atoms with Crippen molar-refractivity contribution in [2.75, 3.05) is 23.7 Å². The zero-order valence-corrected chi connectivity index (χ0v) is 21.9. The first-order chi connectivity index (χ1) is 15.9. The van der Waals surface area contributed by atoms with Gasteiger partial charge in [0.2, 0.25) is 21.8 Å². The molecule has 1 N–H and O–H groups in total. The average Bonchev–Trinajstić information content (AvgIpc) is 2.76. The minimum absolute atomic E-state index is 0.200. The number of carbonyl (C=O) groups excluding carboxylic acids is 2. The van der Waals surface area contributed by atoms with Gasteiger partial charge in [0, 0.05) is 13.1 Å². The maximum atomic E-state index is 13.5. The number of nitrogens with zero attached hydrogens (tertiary/aromatic N) is 2. The zero-order valence-electron chi connectivity index (χ0n) is 21.1. The molecule has 2 aromatic rings. The number of amides is 2. The lowest BCUT2D eigenvalue weighted by atomic mass is 10.1. The first-order valence-corrected chi connectivity index (χ1v) is 13.5. The maximum Gasteiger partial charge on any atom is 0.244 e. The smallest absolute Gasteiger partial charge is 0.244 e. The van der Waals surface area contributed by atoms with E-state index in [-0.39, 0.29) is 19.0 Å². The Labute approximate surface area is 204 Å². The van der Waals surface area contributed by atoms with Gasteiger partial charge in [-0.2, -0.15) is 0 Å². The summed E-state index contributed by atoms with van der Waals surface area (Å²) >= 11 is 0. The molecule has 0 spiro atoms. The molecule has 0 radical (unpaired) electrons. The molecular formula is C26H37N3O4S. The molecule has 2 amide bonds. The molecule has 8 heteroatoms. The van der Waals surface area contributed by atoms with Crippen molar-refractivity contribution in [2.45, 2.75) is 60.0 Å². The molecule has 2 rings (SSSR count). The Bertz CT molecular complexity index is 1100. The minimum atomic E-state index is -3.74. The molecule has 0 fully saturated rings. The molecule has 1 atom stereocenters. The van der Waals surface area contributed by atoms with Crippen LogP contribution in [0, 0.1) is 20.8 Å². The second-order valence-electron chi connectivity index (χ2n) is 8.89. The van der Waals surface area contributed by atoms with Crippen LogP contribution >= 0.6 is 0 Å². The van der Waals surface area contributed by atoms with Crippen LogP contribution in [-0.2, 0) is 26.2 Å². The lowest BCUT2D eigenvalue weighted by Crippen LogP contribution is -2.51. The Morgan fingerprint density at radius 1 is 1.00 bits per heavy atom. The van der Waals surface area contributed by atoms with Crippen LogP contribution in [-0.4, -0.2) is 50.5 Å². The molecule has 7 nitrogen and oxygen atoms in total. The van der Waals surface area contributed by atoms with Gasteiger partial charge in [0.25, 0.3) is 0 Å². The summed E-state index contributed by atoms with van der Waals surface area (Å²) in [6, 6.07) is 12.4. The van der Waals surface area contributed by atoms with Gasteiger partial charge in [-0.1, -0.05) is 60.9 Å². The summed E-state index contributed by atoms with van der Waals surface area (Å²) < 4.78 is 26.5. The van der Waals surface area contributed by atoms with Gasteiger partial charge in [0.1, 0.15) is 12.6 Å². The number of hydrogen-bond donors (Lipinski definition) is 1. The topological polar surface area (TPSA) is 86.8 Å². The average molecular weight is 488 g/mol. The van der Waals surface area contributed by atoms with Crippen LogP contribution in [0.2, 0.25) is 0 Å². The van der Waals surface area contributed by atoms with Gasteiger partial charge < -0.3 is 10.2 Å². The van der Waals surface area contributed by atoms with Crippen LogP contribution in [0.15, 0.2) is 42.5 Å². The predicted molar refractivity (Wildman–Crippen MR) is 137 cm³/mol. The Hall–Kier alpha value is -2.87. The predicted octanol–water partition coefficient (Wildman–Crippen LogP) is 3.71. The third-order valence-electron chi connectivity index (χ3n) is 5.77. The quantitative estimate of drug-likeness (QED) is 0.490. The molecule has 0 aliphatic rings. The highest BCUT2D eigenvalue weighted by Gasteiger charge is 2.30. The van der Waals surface area contributed by atoms with Gasteiger partial charge in [0.15, 0.2) is 0 Å². The largest absolute Gasteiger partial charge is 0.354 e. The SMILES string of the molecule is CCCCNC(=O)[C@@H](C)N(Cc1ccc(C)cc1)C(=O)CN(c1ccc(C)cc1C)S(C)(=O)=O. The summed E-state index contributed by atoms with van der Waals surface area (Å²) in [7, 11) is -3.74. The lowest BCUT2D eigenvalue weighted by molar-refractivity contribution is -0.139. The van der Waals surface area contributed by atoms with Gasteiger partial charge in [0.05, 0.1) is 11.9 Å². The van der Waals surface area contributed by atoms with Crippen LogP contribution < -0.4 is 9.62 Å². The van der Waals surface area contributed by atoms with Crippen molar-refractivity contribution in [3.05, 3.63) is 64.7 Å². The van der Waals surface area contributed by atoms with Crippen molar-refractivity contribution in [2.24, 2.45) is 0 Å². The first-order valence-electron chi connectivity index (χ1n) is 11.6. The van der Waals surface area contributed by atoms with Gasteiger partial charge in [-0.05, 0) is 51.3 Å². The zero-order chi connectivity index (χ0) is 25.5. The number of unbranched alkanes of at least 4 members (excludes halogenated alkanes) is 1. The summed E-state index contributed by atoms with van der Waals surface area (Å²) in [5.74, 6) is -0.699.